The standard InChI is InChI=1S/C10H10O3S2.C9H10OS2.Cu/c1-14-10-7-5(3-2-4-6(7)11)8(15-10)9(12)13;1-11-9-8-6(5-12-9)3-2-4-7(8)10;/h2-4H2,1H3,(H,12,13);5H,2-4H2,1H3;. The van der Waals surface area contributed by atoms with Gasteiger partial charge in [-0.1, -0.05) is 0 Å². The van der Waals surface area contributed by atoms with Crippen LogP contribution in [0.5, 0.6) is 0 Å². The molecule has 0 fully saturated rings. The zero-order valence-corrected chi connectivity index (χ0v) is 19.6. The Kier molecular flexibility index (Phi) is 8.85. The van der Waals surface area contributed by atoms with E-state index in [1.807, 2.05) is 12.5 Å². The van der Waals surface area contributed by atoms with E-state index in [1.54, 1.807) is 23.1 Å². The van der Waals surface area contributed by atoms with Crippen LogP contribution in [0, 0.1) is 0 Å². The van der Waals surface area contributed by atoms with Crippen LogP contribution in [-0.2, 0) is 29.9 Å². The summed E-state index contributed by atoms with van der Waals surface area (Å²) >= 11 is 6.09. The summed E-state index contributed by atoms with van der Waals surface area (Å²) in [6, 6.07) is 0. The number of carboxylic acid groups (broad SMARTS) is 1. The molecule has 2 aromatic heterocycles. The van der Waals surface area contributed by atoms with Crippen molar-refractivity contribution in [2.24, 2.45) is 0 Å². The van der Waals surface area contributed by atoms with Gasteiger partial charge in [0.1, 0.15) is 4.88 Å². The van der Waals surface area contributed by atoms with Crippen molar-refractivity contribution in [2.75, 3.05) is 12.5 Å². The minimum Gasteiger partial charge on any atom is -0.477 e. The Bertz CT molecular complexity index is 887. The number of ketones is 2. The van der Waals surface area contributed by atoms with Crippen molar-refractivity contribution in [2.45, 2.75) is 46.9 Å². The van der Waals surface area contributed by atoms with Gasteiger partial charge in [0.15, 0.2) is 11.6 Å². The van der Waals surface area contributed by atoms with E-state index in [9.17, 15) is 14.4 Å². The van der Waals surface area contributed by atoms with Crippen LogP contribution in [0.15, 0.2) is 13.8 Å². The Hall–Kier alpha value is -0.571. The second-order valence-corrected chi connectivity index (χ2v) is 10.3. The summed E-state index contributed by atoms with van der Waals surface area (Å²) in [5, 5.41) is 11.2. The first-order valence-corrected chi connectivity index (χ1v) is 12.8. The third-order valence-electron chi connectivity index (χ3n) is 4.61. The van der Waals surface area contributed by atoms with E-state index in [2.05, 4.69) is 5.38 Å². The molecular formula is C19H20CuO4S4. The first kappa shape index (κ1) is 23.7. The number of rotatable bonds is 3. The Labute approximate surface area is 191 Å². The van der Waals surface area contributed by atoms with Gasteiger partial charge >= 0.3 is 5.97 Å². The molecule has 0 saturated carbocycles. The molecule has 2 aliphatic carbocycles. The van der Waals surface area contributed by atoms with E-state index in [0.717, 1.165) is 47.4 Å². The van der Waals surface area contributed by atoms with Crippen LogP contribution in [0.1, 0.15) is 67.2 Å². The van der Waals surface area contributed by atoms with Crippen molar-refractivity contribution in [3.8, 4) is 0 Å². The number of fused-ring (bicyclic) bond motifs is 2. The molecule has 4 nitrogen and oxygen atoms in total. The van der Waals surface area contributed by atoms with Gasteiger partial charge in [-0.3, -0.25) is 9.59 Å². The van der Waals surface area contributed by atoms with Gasteiger partial charge in [-0.15, -0.1) is 46.2 Å². The quantitative estimate of drug-likeness (QED) is 0.429. The normalized spacial score (nSPS) is 15.1. The molecule has 0 amide bonds. The molecule has 0 spiro atoms. The molecule has 155 valence electrons. The van der Waals surface area contributed by atoms with Gasteiger partial charge in [0.25, 0.3) is 0 Å². The molecule has 0 atom stereocenters. The zero-order valence-electron chi connectivity index (χ0n) is 15.4. The van der Waals surface area contributed by atoms with Crippen LogP contribution in [0.4, 0.5) is 0 Å². The molecule has 0 bridgehead atoms. The fourth-order valence-electron chi connectivity index (χ4n) is 3.39. The van der Waals surface area contributed by atoms with Gasteiger partial charge in [-0.25, -0.2) is 4.79 Å². The van der Waals surface area contributed by atoms with Crippen molar-refractivity contribution < 1.29 is 36.6 Å². The minimum atomic E-state index is -0.911. The Balaban J connectivity index is 0.000000198. The summed E-state index contributed by atoms with van der Waals surface area (Å²) in [7, 11) is 0. The van der Waals surface area contributed by atoms with Crippen molar-refractivity contribution in [1.82, 2.24) is 0 Å². The second kappa shape index (κ2) is 10.5. The number of thioether (sulfide) groups is 2. The van der Waals surface area contributed by atoms with E-state index in [1.165, 1.54) is 32.9 Å². The summed E-state index contributed by atoms with van der Waals surface area (Å²) in [6.45, 7) is 0. The van der Waals surface area contributed by atoms with E-state index < -0.39 is 5.97 Å². The van der Waals surface area contributed by atoms with Gasteiger partial charge in [0.05, 0.1) is 8.42 Å². The first-order valence-electron chi connectivity index (χ1n) is 8.61. The van der Waals surface area contributed by atoms with Crippen molar-refractivity contribution >= 4 is 63.7 Å². The van der Waals surface area contributed by atoms with E-state index in [0.29, 0.717) is 22.6 Å². The summed E-state index contributed by atoms with van der Waals surface area (Å²) < 4.78 is 2.06. The summed E-state index contributed by atoms with van der Waals surface area (Å²) in [6.07, 6.45) is 8.84. The van der Waals surface area contributed by atoms with Gasteiger partial charge < -0.3 is 5.11 Å². The molecule has 9 heteroatoms. The van der Waals surface area contributed by atoms with Gasteiger partial charge in [-0.05, 0) is 54.7 Å². The van der Waals surface area contributed by atoms with Gasteiger partial charge in [0.2, 0.25) is 0 Å². The number of aromatic carboxylic acids is 1. The molecule has 1 N–H and O–H groups in total. The number of Topliss-reactive ketones (excluding diaryl/α,β-unsaturated/α-hetero) is 2. The fraction of sp³-hybridized carbons (Fsp3) is 0.421. The van der Waals surface area contributed by atoms with Crippen LogP contribution >= 0.6 is 46.2 Å². The molecule has 0 saturated heterocycles. The van der Waals surface area contributed by atoms with Crippen LogP contribution < -0.4 is 0 Å². The van der Waals surface area contributed by atoms with Gasteiger partial charge in [0, 0.05) is 41.0 Å². The number of thiophene rings is 2. The maximum Gasteiger partial charge on any atom is 0.346 e. The van der Waals surface area contributed by atoms with Gasteiger partial charge in [-0.2, -0.15) is 0 Å². The van der Waals surface area contributed by atoms with E-state index in [4.69, 9.17) is 5.11 Å². The maximum atomic E-state index is 11.7. The van der Waals surface area contributed by atoms with Crippen LogP contribution in [-0.4, -0.2) is 35.2 Å². The SMILES string of the molecule is CSc1sc(C(=O)O)c2c1C(=O)CCC2.CSc1scc2c1C(=O)CCC2.[Cu]. The Morgan fingerprint density at radius 1 is 0.964 bits per heavy atom. The minimum absolute atomic E-state index is 0. The average molecular weight is 504 g/mol. The van der Waals surface area contributed by atoms with Crippen molar-refractivity contribution in [3.63, 3.8) is 0 Å². The third-order valence-corrected chi connectivity index (χ3v) is 9.14. The monoisotopic (exact) mass is 503 g/mol. The molecule has 2 aromatic rings. The molecular weight excluding hydrogens is 484 g/mol. The number of hydrogen-bond donors (Lipinski definition) is 1. The number of hydrogen-bond acceptors (Lipinski definition) is 7. The molecule has 2 aliphatic rings. The predicted octanol–water partition coefficient (Wildman–Crippen LogP) is 5.67. The average Bonchev–Trinajstić information content (AvgIpc) is 3.25. The Morgan fingerprint density at radius 2 is 1.57 bits per heavy atom. The summed E-state index contributed by atoms with van der Waals surface area (Å²) in [5.41, 5.74) is 3.74. The zero-order chi connectivity index (χ0) is 19.6. The summed E-state index contributed by atoms with van der Waals surface area (Å²) in [4.78, 5) is 34.6. The molecule has 0 aliphatic heterocycles. The van der Waals surface area contributed by atoms with Crippen molar-refractivity contribution in [3.05, 3.63) is 32.5 Å². The largest absolute Gasteiger partial charge is 0.477 e. The van der Waals surface area contributed by atoms with E-state index in [-0.39, 0.29) is 22.9 Å². The third kappa shape index (κ3) is 4.77. The number of aryl methyl sites for hydroxylation is 1. The number of carbonyl (C=O) groups excluding carboxylic acids is 2. The molecule has 0 unspecified atom stereocenters. The first-order chi connectivity index (χ1) is 13.0. The number of carbonyl (C=O) groups is 3. The van der Waals surface area contributed by atoms with Crippen molar-refractivity contribution in [1.29, 1.82) is 0 Å². The number of carboxylic acids is 1. The topological polar surface area (TPSA) is 71.4 Å². The fourth-order valence-corrected chi connectivity index (χ4v) is 7.18. The molecule has 1 radical (unpaired) electrons. The molecule has 0 aromatic carbocycles. The van der Waals surface area contributed by atoms with E-state index >= 15 is 0 Å². The second-order valence-electron chi connectivity index (χ2n) is 6.26. The molecule has 28 heavy (non-hydrogen) atoms. The molecule has 2 heterocycles. The smallest absolute Gasteiger partial charge is 0.346 e. The summed E-state index contributed by atoms with van der Waals surface area (Å²) in [5.74, 6) is -0.461. The molecule has 4 rings (SSSR count). The van der Waals surface area contributed by atoms with Crippen LogP contribution in [0.25, 0.3) is 0 Å². The van der Waals surface area contributed by atoms with Crippen LogP contribution in [0.2, 0.25) is 0 Å². The predicted molar refractivity (Wildman–Crippen MR) is 114 cm³/mol. The Morgan fingerprint density at radius 3 is 2.18 bits per heavy atom. The van der Waals surface area contributed by atoms with Crippen LogP contribution in [0.3, 0.4) is 0 Å². The maximum absolute atomic E-state index is 11.7.